The van der Waals surface area contributed by atoms with Crippen LogP contribution in [0.2, 0.25) is 0 Å². The van der Waals surface area contributed by atoms with Gasteiger partial charge in [-0.05, 0) is 48.0 Å². The number of carbonyl (C=O) groups is 2. The molecule has 126 valence electrons. The number of hydrogen-bond acceptors (Lipinski definition) is 3. The number of pyridine rings is 1. The molecule has 0 aliphatic heterocycles. The molecular formula is C21H13FN2O2. The zero-order valence-electron chi connectivity index (χ0n) is 13.6. The van der Waals surface area contributed by atoms with Crippen LogP contribution in [0.1, 0.15) is 0 Å². The fourth-order valence-electron chi connectivity index (χ4n) is 2.99. The summed E-state index contributed by atoms with van der Waals surface area (Å²) in [4.78, 5) is 28.1. The van der Waals surface area contributed by atoms with Crippen LogP contribution in [-0.2, 0) is 9.59 Å². The zero-order chi connectivity index (χ0) is 18.1. The van der Waals surface area contributed by atoms with Crippen molar-refractivity contribution in [2.24, 2.45) is 0 Å². The van der Waals surface area contributed by atoms with E-state index in [2.05, 4.69) is 4.98 Å². The molecule has 5 heteroatoms. The first-order chi connectivity index (χ1) is 12.6. The molecule has 1 aromatic carbocycles. The largest absolute Gasteiger partial charge is 0.312 e. The van der Waals surface area contributed by atoms with E-state index in [0.717, 1.165) is 22.4 Å². The Kier molecular flexibility index (Phi) is 3.89. The molecule has 26 heavy (non-hydrogen) atoms. The maximum Gasteiger partial charge on any atom is 0.202 e. The Hall–Kier alpha value is -3.60. The molecule has 0 saturated heterocycles. The highest BCUT2D eigenvalue weighted by Crippen LogP contribution is 2.35. The van der Waals surface area contributed by atoms with Crippen molar-refractivity contribution in [3.8, 4) is 22.4 Å². The smallest absolute Gasteiger partial charge is 0.202 e. The Morgan fingerprint density at radius 2 is 1.58 bits per heavy atom. The first kappa shape index (κ1) is 15.9. The van der Waals surface area contributed by atoms with Gasteiger partial charge in [0.1, 0.15) is 5.82 Å². The molecule has 2 aromatic heterocycles. The second kappa shape index (κ2) is 6.37. The van der Waals surface area contributed by atoms with Crippen LogP contribution >= 0.6 is 0 Å². The lowest BCUT2D eigenvalue weighted by molar-refractivity contribution is -0.113. The van der Waals surface area contributed by atoms with Crippen molar-refractivity contribution in [2.45, 2.75) is 0 Å². The van der Waals surface area contributed by atoms with Crippen LogP contribution in [0.3, 0.4) is 0 Å². The molecule has 0 saturated carbocycles. The number of aromatic nitrogens is 2. The molecule has 1 aliphatic rings. The topological polar surface area (TPSA) is 52.0 Å². The van der Waals surface area contributed by atoms with E-state index in [0.29, 0.717) is 0 Å². The van der Waals surface area contributed by atoms with E-state index in [-0.39, 0.29) is 23.1 Å². The molecule has 4 rings (SSSR count). The molecule has 0 unspecified atom stereocenters. The van der Waals surface area contributed by atoms with E-state index in [1.54, 1.807) is 35.3 Å². The van der Waals surface area contributed by atoms with Crippen LogP contribution in [0, 0.1) is 5.82 Å². The predicted molar refractivity (Wildman–Crippen MR) is 96.5 cm³/mol. The zero-order valence-corrected chi connectivity index (χ0v) is 13.6. The Bertz CT molecular complexity index is 1060. The monoisotopic (exact) mass is 344 g/mol. The number of rotatable bonds is 3. The molecule has 4 nitrogen and oxygen atoms in total. The molecule has 0 amide bonds. The van der Waals surface area contributed by atoms with Crippen molar-refractivity contribution >= 4 is 17.3 Å². The molecule has 0 fully saturated rings. The predicted octanol–water partition coefficient (Wildman–Crippen LogP) is 3.91. The van der Waals surface area contributed by atoms with Crippen molar-refractivity contribution in [1.29, 1.82) is 0 Å². The minimum atomic E-state index is -0.320. The van der Waals surface area contributed by atoms with Gasteiger partial charge in [0.15, 0.2) is 5.78 Å². The summed E-state index contributed by atoms with van der Waals surface area (Å²) in [6, 6.07) is 11.6. The lowest BCUT2D eigenvalue weighted by atomic mass is 10.0. The van der Waals surface area contributed by atoms with Gasteiger partial charge in [0.05, 0.1) is 11.4 Å². The Morgan fingerprint density at radius 3 is 2.31 bits per heavy atom. The van der Waals surface area contributed by atoms with Gasteiger partial charge in [-0.3, -0.25) is 14.6 Å². The third-order valence-corrected chi connectivity index (χ3v) is 4.19. The number of allylic oxidation sites excluding steroid dienone is 4. The molecule has 3 aromatic rings. The molecule has 0 N–H and O–H groups in total. The van der Waals surface area contributed by atoms with E-state index in [9.17, 15) is 14.0 Å². The van der Waals surface area contributed by atoms with Crippen LogP contribution in [0.25, 0.3) is 28.1 Å². The molecule has 0 radical (unpaired) electrons. The minimum absolute atomic E-state index is 0.239. The van der Waals surface area contributed by atoms with Gasteiger partial charge in [-0.1, -0.05) is 12.1 Å². The SMILES string of the molecule is O=C1C=CC(=O)C(n2ccc(-c3ccc(F)cc3)c2-c2ccncc2)=C1. The van der Waals surface area contributed by atoms with Gasteiger partial charge in [-0.15, -0.1) is 0 Å². The van der Waals surface area contributed by atoms with Crippen LogP contribution in [0.4, 0.5) is 4.39 Å². The average Bonchev–Trinajstić information content (AvgIpc) is 3.10. The van der Waals surface area contributed by atoms with E-state index >= 15 is 0 Å². The van der Waals surface area contributed by atoms with Gasteiger partial charge < -0.3 is 4.57 Å². The van der Waals surface area contributed by atoms with Crippen molar-refractivity contribution < 1.29 is 14.0 Å². The minimum Gasteiger partial charge on any atom is -0.312 e. The van der Waals surface area contributed by atoms with Crippen LogP contribution in [-0.4, -0.2) is 21.1 Å². The highest BCUT2D eigenvalue weighted by atomic mass is 19.1. The number of carbonyl (C=O) groups excluding carboxylic acids is 2. The summed E-state index contributed by atoms with van der Waals surface area (Å²) < 4.78 is 15.0. The Labute approximate surface area is 148 Å². The molecule has 0 bridgehead atoms. The van der Waals surface area contributed by atoms with Gasteiger partial charge in [-0.25, -0.2) is 4.39 Å². The summed E-state index contributed by atoms with van der Waals surface area (Å²) in [7, 11) is 0. The fraction of sp³-hybridized carbons (Fsp3) is 0. The Balaban J connectivity index is 1.95. The summed E-state index contributed by atoms with van der Waals surface area (Å²) >= 11 is 0. The van der Waals surface area contributed by atoms with Crippen LogP contribution in [0.5, 0.6) is 0 Å². The summed E-state index contributed by atoms with van der Waals surface area (Å²) in [5.41, 5.74) is 3.48. The molecule has 1 aliphatic carbocycles. The summed E-state index contributed by atoms with van der Waals surface area (Å²) in [5, 5.41) is 0. The second-order valence-electron chi connectivity index (χ2n) is 5.82. The average molecular weight is 344 g/mol. The Morgan fingerprint density at radius 1 is 0.846 bits per heavy atom. The van der Waals surface area contributed by atoms with Crippen molar-refractivity contribution in [2.75, 3.05) is 0 Å². The second-order valence-corrected chi connectivity index (χ2v) is 5.82. The van der Waals surface area contributed by atoms with E-state index < -0.39 is 0 Å². The van der Waals surface area contributed by atoms with Gasteiger partial charge in [0, 0.05) is 35.8 Å². The van der Waals surface area contributed by atoms with Crippen LogP contribution in [0.15, 0.2) is 79.3 Å². The van der Waals surface area contributed by atoms with Gasteiger partial charge in [0.25, 0.3) is 0 Å². The maximum absolute atomic E-state index is 13.3. The van der Waals surface area contributed by atoms with Gasteiger partial charge in [0.2, 0.25) is 5.78 Å². The van der Waals surface area contributed by atoms with Gasteiger partial charge in [-0.2, -0.15) is 0 Å². The summed E-state index contributed by atoms with van der Waals surface area (Å²) in [5.74, 6) is -0.807. The molecule has 0 spiro atoms. The standard InChI is InChI=1S/C21H13FN2O2/c22-16-3-1-14(2-4-16)18-9-12-24(19-13-17(25)5-6-20(19)26)21(18)15-7-10-23-11-8-15/h1-13H. The number of benzene rings is 1. The number of halogens is 1. The molecule has 2 heterocycles. The fourth-order valence-corrected chi connectivity index (χ4v) is 2.99. The van der Waals surface area contributed by atoms with Crippen molar-refractivity contribution in [3.05, 3.63) is 85.1 Å². The third-order valence-electron chi connectivity index (χ3n) is 4.19. The lowest BCUT2D eigenvalue weighted by Gasteiger charge is -2.15. The first-order valence-electron chi connectivity index (χ1n) is 7.99. The molecular weight excluding hydrogens is 331 g/mol. The van der Waals surface area contributed by atoms with Gasteiger partial charge >= 0.3 is 0 Å². The number of hydrogen-bond donors (Lipinski definition) is 0. The molecule has 0 atom stereocenters. The quantitative estimate of drug-likeness (QED) is 0.677. The lowest BCUT2D eigenvalue weighted by Crippen LogP contribution is -2.12. The normalized spacial score (nSPS) is 13.8. The van der Waals surface area contributed by atoms with E-state index in [1.165, 1.54) is 30.4 Å². The summed E-state index contributed by atoms with van der Waals surface area (Å²) in [6.07, 6.45) is 8.90. The summed E-state index contributed by atoms with van der Waals surface area (Å²) in [6.45, 7) is 0. The number of nitrogens with zero attached hydrogens (tertiary/aromatic N) is 2. The first-order valence-corrected chi connectivity index (χ1v) is 7.99. The van der Waals surface area contributed by atoms with Crippen molar-refractivity contribution in [3.63, 3.8) is 0 Å². The maximum atomic E-state index is 13.3. The third kappa shape index (κ3) is 2.80. The van der Waals surface area contributed by atoms with E-state index in [1.807, 2.05) is 18.2 Å². The van der Waals surface area contributed by atoms with E-state index in [4.69, 9.17) is 0 Å². The number of ketones is 2. The van der Waals surface area contributed by atoms with Crippen LogP contribution < -0.4 is 0 Å². The van der Waals surface area contributed by atoms with Crippen molar-refractivity contribution in [1.82, 2.24) is 9.55 Å². The highest BCUT2D eigenvalue weighted by molar-refractivity contribution is 6.30. The highest BCUT2D eigenvalue weighted by Gasteiger charge is 2.21.